The summed E-state index contributed by atoms with van der Waals surface area (Å²) in [5.74, 6) is -0.441. The maximum absolute atomic E-state index is 11.9. The summed E-state index contributed by atoms with van der Waals surface area (Å²) in [7, 11) is 0. The number of pyridine rings is 1. The first kappa shape index (κ1) is 18.5. The molecule has 0 aliphatic heterocycles. The van der Waals surface area contributed by atoms with Crippen LogP contribution in [0.1, 0.15) is 22.4 Å². The lowest BCUT2D eigenvalue weighted by Crippen LogP contribution is -2.39. The van der Waals surface area contributed by atoms with Gasteiger partial charge in [0.25, 0.3) is 0 Å². The Labute approximate surface area is 150 Å². The molecule has 7 heteroatoms. The predicted molar refractivity (Wildman–Crippen MR) is 96.0 cm³/mol. The van der Waals surface area contributed by atoms with E-state index in [0.29, 0.717) is 17.1 Å². The molecule has 2 rings (SSSR count). The number of amides is 3. The zero-order valence-corrected chi connectivity index (χ0v) is 14.8. The van der Waals surface area contributed by atoms with Crippen LogP contribution in [0, 0.1) is 25.2 Å². The van der Waals surface area contributed by atoms with Gasteiger partial charge in [0.2, 0.25) is 5.91 Å². The van der Waals surface area contributed by atoms with Gasteiger partial charge >= 0.3 is 6.03 Å². The van der Waals surface area contributed by atoms with Gasteiger partial charge < -0.3 is 5.32 Å². The van der Waals surface area contributed by atoms with Crippen molar-refractivity contribution in [2.75, 3.05) is 5.75 Å². The van der Waals surface area contributed by atoms with Gasteiger partial charge in [-0.05, 0) is 31.0 Å². The number of thioether (sulfide) groups is 1. The van der Waals surface area contributed by atoms with Crippen LogP contribution in [0.25, 0.3) is 0 Å². The Bertz CT molecular complexity index is 816. The van der Waals surface area contributed by atoms with Gasteiger partial charge in [0, 0.05) is 12.2 Å². The summed E-state index contributed by atoms with van der Waals surface area (Å²) in [6.45, 7) is 3.99. The molecule has 0 saturated carbocycles. The predicted octanol–water partition coefficient (Wildman–Crippen LogP) is 2.69. The Morgan fingerprint density at radius 3 is 2.64 bits per heavy atom. The molecule has 2 N–H and O–H groups in total. The average molecular weight is 354 g/mol. The normalized spacial score (nSPS) is 9.96. The van der Waals surface area contributed by atoms with E-state index in [2.05, 4.69) is 21.7 Å². The molecule has 6 nitrogen and oxygen atoms in total. The molecule has 1 heterocycles. The van der Waals surface area contributed by atoms with E-state index in [-0.39, 0.29) is 5.75 Å². The van der Waals surface area contributed by atoms with Crippen LogP contribution >= 0.6 is 11.8 Å². The van der Waals surface area contributed by atoms with Crippen LogP contribution < -0.4 is 10.6 Å². The summed E-state index contributed by atoms with van der Waals surface area (Å²) >= 11 is 1.14. The number of hydrogen-bond donors (Lipinski definition) is 2. The van der Waals surface area contributed by atoms with E-state index in [1.165, 1.54) is 0 Å². The van der Waals surface area contributed by atoms with E-state index in [1.807, 2.05) is 50.2 Å². The van der Waals surface area contributed by atoms with Gasteiger partial charge in [-0.1, -0.05) is 42.1 Å². The Balaban J connectivity index is 1.85. The van der Waals surface area contributed by atoms with Crippen LogP contribution in [0.5, 0.6) is 0 Å². The van der Waals surface area contributed by atoms with E-state index in [9.17, 15) is 14.9 Å². The summed E-state index contributed by atoms with van der Waals surface area (Å²) in [6.07, 6.45) is 0. The molecule has 3 amide bonds. The van der Waals surface area contributed by atoms with Crippen molar-refractivity contribution in [3.63, 3.8) is 0 Å². The maximum atomic E-state index is 11.9. The first-order chi connectivity index (χ1) is 12.0. The second kappa shape index (κ2) is 8.85. The number of nitriles is 1. The van der Waals surface area contributed by atoms with E-state index >= 15 is 0 Å². The highest BCUT2D eigenvalue weighted by Gasteiger charge is 2.13. The molecule has 0 saturated heterocycles. The number of aryl methyl sites for hydroxylation is 2. The Morgan fingerprint density at radius 1 is 1.24 bits per heavy atom. The molecule has 0 atom stereocenters. The van der Waals surface area contributed by atoms with Gasteiger partial charge in [0.15, 0.2) is 0 Å². The van der Waals surface area contributed by atoms with Crippen LogP contribution in [-0.2, 0) is 11.3 Å². The number of imide groups is 1. The second-order valence-corrected chi connectivity index (χ2v) is 6.34. The number of nitrogens with one attached hydrogen (secondary N) is 2. The smallest absolute Gasteiger partial charge is 0.321 e. The van der Waals surface area contributed by atoms with Gasteiger partial charge in [-0.3, -0.25) is 10.1 Å². The molecule has 0 bridgehead atoms. The van der Waals surface area contributed by atoms with E-state index in [1.54, 1.807) is 0 Å². The molecule has 0 radical (unpaired) electrons. The summed E-state index contributed by atoms with van der Waals surface area (Å²) in [6, 6.07) is 12.8. The standard InChI is InChI=1S/C18H18N4O2S/c1-12-8-13(2)21-17(15(12)9-19)25-11-16(23)22-18(24)20-10-14-6-4-3-5-7-14/h3-8H,10-11H2,1-2H3,(H2,20,22,23,24). The van der Waals surface area contributed by atoms with Crippen LogP contribution in [0.2, 0.25) is 0 Å². The fourth-order valence-corrected chi connectivity index (χ4v) is 3.06. The quantitative estimate of drug-likeness (QED) is 0.805. The van der Waals surface area contributed by atoms with Gasteiger partial charge in [0.05, 0.1) is 11.3 Å². The van der Waals surface area contributed by atoms with Crippen molar-refractivity contribution in [3.8, 4) is 6.07 Å². The third-order valence-corrected chi connectivity index (χ3v) is 4.29. The number of rotatable bonds is 5. The summed E-state index contributed by atoms with van der Waals surface area (Å²) in [4.78, 5) is 27.9. The lowest BCUT2D eigenvalue weighted by Gasteiger charge is -2.08. The minimum absolute atomic E-state index is 0.00330. The van der Waals surface area contributed by atoms with E-state index < -0.39 is 11.9 Å². The van der Waals surface area contributed by atoms with E-state index in [0.717, 1.165) is 28.6 Å². The zero-order valence-electron chi connectivity index (χ0n) is 14.0. The third-order valence-electron chi connectivity index (χ3n) is 3.31. The lowest BCUT2D eigenvalue weighted by atomic mass is 10.1. The molecule has 0 aliphatic rings. The molecular weight excluding hydrogens is 336 g/mol. The highest BCUT2D eigenvalue weighted by atomic mass is 32.2. The lowest BCUT2D eigenvalue weighted by molar-refractivity contribution is -0.117. The van der Waals surface area contributed by atoms with Crippen molar-refractivity contribution in [1.29, 1.82) is 5.26 Å². The maximum Gasteiger partial charge on any atom is 0.321 e. The molecule has 0 unspecified atom stereocenters. The van der Waals surface area contributed by atoms with Crippen molar-refractivity contribution in [2.24, 2.45) is 0 Å². The van der Waals surface area contributed by atoms with Crippen molar-refractivity contribution in [1.82, 2.24) is 15.6 Å². The van der Waals surface area contributed by atoms with E-state index in [4.69, 9.17) is 0 Å². The van der Waals surface area contributed by atoms with Crippen LogP contribution in [0.3, 0.4) is 0 Å². The van der Waals surface area contributed by atoms with Crippen molar-refractivity contribution >= 4 is 23.7 Å². The minimum atomic E-state index is -0.552. The monoisotopic (exact) mass is 354 g/mol. The van der Waals surface area contributed by atoms with Crippen LogP contribution in [-0.4, -0.2) is 22.7 Å². The van der Waals surface area contributed by atoms with Gasteiger partial charge in [-0.2, -0.15) is 5.26 Å². The first-order valence-electron chi connectivity index (χ1n) is 7.62. The topological polar surface area (TPSA) is 94.9 Å². The second-order valence-electron chi connectivity index (χ2n) is 5.38. The van der Waals surface area contributed by atoms with Crippen molar-refractivity contribution < 1.29 is 9.59 Å². The molecule has 0 spiro atoms. The SMILES string of the molecule is Cc1cc(C)c(C#N)c(SCC(=O)NC(=O)NCc2ccccc2)n1. The number of aromatic nitrogens is 1. The molecule has 128 valence electrons. The number of nitrogens with zero attached hydrogens (tertiary/aromatic N) is 2. The fourth-order valence-electron chi connectivity index (χ4n) is 2.16. The minimum Gasteiger partial charge on any atom is -0.334 e. The van der Waals surface area contributed by atoms with Gasteiger partial charge in [-0.15, -0.1) is 0 Å². The molecule has 0 fully saturated rings. The highest BCUT2D eigenvalue weighted by molar-refractivity contribution is 8.00. The highest BCUT2D eigenvalue weighted by Crippen LogP contribution is 2.23. The summed E-state index contributed by atoms with van der Waals surface area (Å²) < 4.78 is 0. The van der Waals surface area contributed by atoms with Gasteiger partial charge in [0.1, 0.15) is 11.1 Å². The number of carbonyl (C=O) groups is 2. The molecule has 1 aromatic carbocycles. The number of urea groups is 1. The zero-order chi connectivity index (χ0) is 18.2. The Morgan fingerprint density at radius 2 is 1.96 bits per heavy atom. The molecule has 2 aromatic rings. The van der Waals surface area contributed by atoms with Crippen LogP contribution in [0.15, 0.2) is 41.4 Å². The number of hydrogen-bond acceptors (Lipinski definition) is 5. The first-order valence-corrected chi connectivity index (χ1v) is 8.61. The Kier molecular flexibility index (Phi) is 6.54. The summed E-state index contributed by atoms with van der Waals surface area (Å²) in [5, 5.41) is 14.6. The molecule has 1 aromatic heterocycles. The number of benzene rings is 1. The van der Waals surface area contributed by atoms with Crippen LogP contribution in [0.4, 0.5) is 4.79 Å². The Hall–Kier alpha value is -2.85. The third kappa shape index (κ3) is 5.62. The van der Waals surface area contributed by atoms with Crippen molar-refractivity contribution in [2.45, 2.75) is 25.4 Å². The van der Waals surface area contributed by atoms with Crippen molar-refractivity contribution in [3.05, 3.63) is 58.8 Å². The molecule has 0 aliphatic carbocycles. The average Bonchev–Trinajstić information content (AvgIpc) is 2.58. The number of carbonyl (C=O) groups excluding carboxylic acids is 2. The fraction of sp³-hybridized carbons (Fsp3) is 0.222. The summed E-state index contributed by atoms with van der Waals surface area (Å²) in [5.41, 5.74) is 2.99. The molecule has 25 heavy (non-hydrogen) atoms. The largest absolute Gasteiger partial charge is 0.334 e. The van der Waals surface area contributed by atoms with Gasteiger partial charge in [-0.25, -0.2) is 9.78 Å². The molecular formula is C18H18N4O2S.